The normalized spacial score (nSPS) is 24.6. The van der Waals surface area contributed by atoms with E-state index in [1.54, 1.807) is 12.1 Å². The topological polar surface area (TPSA) is 76.8 Å². The fourth-order valence-corrected chi connectivity index (χ4v) is 3.96. The van der Waals surface area contributed by atoms with Crippen molar-refractivity contribution in [2.45, 2.75) is 19.4 Å². The summed E-state index contributed by atoms with van der Waals surface area (Å²) in [5.41, 5.74) is 6.64. The number of carbonyl (C=O) groups excluding carboxylic acids is 1. The van der Waals surface area contributed by atoms with Gasteiger partial charge in [-0.05, 0) is 13.1 Å². The van der Waals surface area contributed by atoms with Gasteiger partial charge < -0.3 is 25.4 Å². The lowest BCUT2D eigenvalue weighted by Gasteiger charge is -2.46. The van der Waals surface area contributed by atoms with Crippen LogP contribution >= 0.6 is 11.6 Å². The van der Waals surface area contributed by atoms with E-state index < -0.39 is 0 Å². The van der Waals surface area contributed by atoms with Crippen LogP contribution in [0.1, 0.15) is 23.7 Å². The second kappa shape index (κ2) is 8.83. The second-order valence-corrected chi connectivity index (χ2v) is 7.55. The molecule has 6 nitrogen and oxygen atoms in total. The fourth-order valence-electron chi connectivity index (χ4n) is 3.79. The molecule has 2 heterocycles. The number of nitrogens with one attached hydrogen (secondary N) is 1. The molecular weight excluding hydrogens is 366 g/mol. The number of rotatable bonds is 4. The van der Waals surface area contributed by atoms with E-state index >= 15 is 0 Å². The summed E-state index contributed by atoms with van der Waals surface area (Å²) in [6.45, 7) is 5.28. The van der Waals surface area contributed by atoms with Gasteiger partial charge in [0.15, 0.2) is 0 Å². The molecule has 146 valence electrons. The first-order valence-electron chi connectivity index (χ1n) is 9.24. The van der Waals surface area contributed by atoms with E-state index in [0.717, 1.165) is 19.5 Å². The zero-order valence-corrected chi connectivity index (χ0v) is 16.5. The van der Waals surface area contributed by atoms with Crippen molar-refractivity contribution in [3.8, 4) is 17.6 Å². The summed E-state index contributed by atoms with van der Waals surface area (Å²) in [7, 11) is 2.10. The van der Waals surface area contributed by atoms with E-state index in [-0.39, 0.29) is 30.4 Å². The van der Waals surface area contributed by atoms with Crippen molar-refractivity contribution in [1.82, 2.24) is 10.2 Å². The minimum atomic E-state index is -0.207. The minimum Gasteiger partial charge on any atom is -0.480 e. The van der Waals surface area contributed by atoms with Crippen LogP contribution in [0, 0.1) is 23.7 Å². The molecule has 2 unspecified atom stereocenters. The largest absolute Gasteiger partial charge is 0.480 e. The van der Waals surface area contributed by atoms with Gasteiger partial charge in [0, 0.05) is 43.5 Å². The van der Waals surface area contributed by atoms with Crippen LogP contribution in [0.4, 0.5) is 5.69 Å². The van der Waals surface area contributed by atoms with Gasteiger partial charge in [0.1, 0.15) is 12.4 Å². The Hall–Kier alpha value is -1.94. The highest BCUT2D eigenvalue weighted by Gasteiger charge is 2.40. The van der Waals surface area contributed by atoms with Crippen LogP contribution in [0.5, 0.6) is 5.75 Å². The van der Waals surface area contributed by atoms with Crippen molar-refractivity contribution in [2.24, 2.45) is 11.8 Å². The molecule has 2 saturated heterocycles. The molecule has 0 radical (unpaired) electrons. The molecule has 27 heavy (non-hydrogen) atoms. The summed E-state index contributed by atoms with van der Waals surface area (Å²) in [5.74, 6) is 6.58. The third-order valence-corrected chi connectivity index (χ3v) is 5.34. The number of fused-ring (bicyclic) bond motifs is 2. The highest BCUT2D eigenvalue weighted by atomic mass is 35.5. The number of nitrogen functional groups attached to an aromatic ring is 1. The quantitative estimate of drug-likeness (QED) is 0.606. The summed E-state index contributed by atoms with van der Waals surface area (Å²) in [6.07, 6.45) is 0.750. The molecule has 2 aliphatic heterocycles. The third-order valence-electron chi connectivity index (χ3n) is 5.01. The Labute approximate surface area is 165 Å². The average Bonchev–Trinajstić information content (AvgIpc) is 2.62. The van der Waals surface area contributed by atoms with Gasteiger partial charge in [0.05, 0.1) is 29.5 Å². The molecule has 3 N–H and O–H groups in total. The molecule has 0 aromatic heterocycles. The predicted molar refractivity (Wildman–Crippen MR) is 106 cm³/mol. The van der Waals surface area contributed by atoms with Gasteiger partial charge >= 0.3 is 0 Å². The number of halogens is 1. The Bertz CT molecular complexity index is 745. The van der Waals surface area contributed by atoms with E-state index in [1.807, 2.05) is 6.92 Å². The number of hydrogen-bond acceptors (Lipinski definition) is 5. The maximum Gasteiger partial charge on any atom is 0.255 e. The number of ether oxygens (including phenoxy) is 2. The van der Waals surface area contributed by atoms with Gasteiger partial charge in [-0.2, -0.15) is 0 Å². The predicted octanol–water partition coefficient (Wildman–Crippen LogP) is 2.02. The Morgan fingerprint density at radius 2 is 2.07 bits per heavy atom. The maximum absolute atomic E-state index is 13.0. The molecule has 1 amide bonds. The SMILES string of the molecule is CCC#CCOc1cc(N)c(Cl)cc1C(=O)NC1C2COCC1CN(C)C2. The van der Waals surface area contributed by atoms with Crippen LogP contribution in [0.25, 0.3) is 0 Å². The zero-order chi connectivity index (χ0) is 19.4. The first kappa shape index (κ1) is 19.8. The van der Waals surface area contributed by atoms with Gasteiger partial charge in [-0.25, -0.2) is 0 Å². The highest BCUT2D eigenvalue weighted by Crippen LogP contribution is 2.31. The molecule has 0 spiro atoms. The first-order chi connectivity index (χ1) is 13.0. The number of nitrogens with two attached hydrogens (primary N) is 1. The number of carbonyl (C=O) groups is 1. The van der Waals surface area contributed by atoms with Gasteiger partial charge in [-0.15, -0.1) is 5.92 Å². The molecule has 3 rings (SSSR count). The van der Waals surface area contributed by atoms with Gasteiger partial charge in [0.2, 0.25) is 0 Å². The molecule has 1 aromatic carbocycles. The molecule has 7 heteroatoms. The Kier molecular flexibility index (Phi) is 6.48. The molecule has 1 aromatic rings. The Morgan fingerprint density at radius 3 is 2.74 bits per heavy atom. The Morgan fingerprint density at radius 1 is 1.37 bits per heavy atom. The molecular formula is C20H26ClN3O3. The number of hydrogen-bond donors (Lipinski definition) is 2. The Balaban J connectivity index is 1.78. The van der Waals surface area contributed by atoms with Crippen LogP contribution in [0.3, 0.4) is 0 Å². The van der Waals surface area contributed by atoms with Crippen molar-refractivity contribution < 1.29 is 14.3 Å². The van der Waals surface area contributed by atoms with Gasteiger partial charge in [0.25, 0.3) is 5.91 Å². The highest BCUT2D eigenvalue weighted by molar-refractivity contribution is 6.33. The summed E-state index contributed by atoms with van der Waals surface area (Å²) >= 11 is 6.16. The van der Waals surface area contributed by atoms with Gasteiger partial charge in [-0.3, -0.25) is 4.79 Å². The van der Waals surface area contributed by atoms with E-state index in [1.165, 1.54) is 0 Å². The fraction of sp³-hybridized carbons (Fsp3) is 0.550. The van der Waals surface area contributed by atoms with Crippen LogP contribution in [0.2, 0.25) is 5.02 Å². The van der Waals surface area contributed by atoms with Crippen molar-refractivity contribution in [3.05, 3.63) is 22.7 Å². The number of nitrogens with zero attached hydrogens (tertiary/aromatic N) is 1. The molecule has 0 saturated carbocycles. The standard InChI is InChI=1S/C20H26ClN3O3/c1-3-4-5-6-27-18-8-17(22)16(21)7-15(18)20(25)23-19-13-9-24(2)10-14(19)12-26-11-13/h7-8,13-14,19H,3,6,9-12,22H2,1-2H3,(H,23,25). The minimum absolute atomic E-state index is 0.0755. The lowest BCUT2D eigenvalue weighted by molar-refractivity contribution is -0.0561. The number of piperidine rings is 1. The molecule has 0 aliphatic carbocycles. The van der Waals surface area contributed by atoms with Crippen LogP contribution in [0.15, 0.2) is 12.1 Å². The zero-order valence-electron chi connectivity index (χ0n) is 15.8. The number of likely N-dealkylation sites (tertiary alicyclic amines) is 1. The average molecular weight is 392 g/mol. The van der Waals surface area contributed by atoms with E-state index in [4.69, 9.17) is 26.8 Å². The van der Waals surface area contributed by atoms with Crippen LogP contribution in [-0.2, 0) is 4.74 Å². The summed E-state index contributed by atoms with van der Waals surface area (Å²) in [6, 6.07) is 3.23. The molecule has 2 bridgehead atoms. The van der Waals surface area contributed by atoms with Crippen LogP contribution in [-0.4, -0.2) is 56.8 Å². The lowest BCUT2D eigenvalue weighted by Crippen LogP contribution is -2.60. The summed E-state index contributed by atoms with van der Waals surface area (Å²) in [4.78, 5) is 15.3. The molecule has 2 atom stereocenters. The monoisotopic (exact) mass is 391 g/mol. The van der Waals surface area contributed by atoms with E-state index in [0.29, 0.717) is 35.2 Å². The third kappa shape index (κ3) is 4.67. The van der Waals surface area contributed by atoms with Crippen molar-refractivity contribution in [1.29, 1.82) is 0 Å². The van der Waals surface area contributed by atoms with E-state index in [9.17, 15) is 4.79 Å². The van der Waals surface area contributed by atoms with Crippen LogP contribution < -0.4 is 15.8 Å². The summed E-state index contributed by atoms with van der Waals surface area (Å²) in [5, 5.41) is 3.52. The lowest BCUT2D eigenvalue weighted by atomic mass is 9.82. The maximum atomic E-state index is 13.0. The molecule has 2 fully saturated rings. The number of anilines is 1. The first-order valence-corrected chi connectivity index (χ1v) is 9.62. The summed E-state index contributed by atoms with van der Waals surface area (Å²) < 4.78 is 11.4. The van der Waals surface area contributed by atoms with Crippen molar-refractivity contribution in [3.63, 3.8) is 0 Å². The van der Waals surface area contributed by atoms with Crippen molar-refractivity contribution in [2.75, 3.05) is 45.7 Å². The number of amides is 1. The number of benzene rings is 1. The van der Waals surface area contributed by atoms with Gasteiger partial charge in [-0.1, -0.05) is 24.4 Å². The smallest absolute Gasteiger partial charge is 0.255 e. The van der Waals surface area contributed by atoms with Crippen molar-refractivity contribution >= 4 is 23.2 Å². The molecule has 2 aliphatic rings. The van der Waals surface area contributed by atoms with E-state index in [2.05, 4.69) is 29.1 Å². The second-order valence-electron chi connectivity index (χ2n) is 7.14.